The Hall–Kier alpha value is -1.71. The van der Waals surface area contributed by atoms with Crippen LogP contribution in [0.2, 0.25) is 0 Å². The SMILES string of the molecule is CC(C)CCC[C@@H](C)n1cnc2cccnc2c1=O. The van der Waals surface area contributed by atoms with Crippen molar-refractivity contribution >= 4 is 11.0 Å². The normalized spacial score (nSPS) is 13.1. The second-order valence-electron chi connectivity index (χ2n) is 5.50. The van der Waals surface area contributed by atoms with Crippen LogP contribution in [-0.4, -0.2) is 14.5 Å². The van der Waals surface area contributed by atoms with E-state index in [1.165, 1.54) is 6.42 Å². The summed E-state index contributed by atoms with van der Waals surface area (Å²) in [7, 11) is 0. The Balaban J connectivity index is 2.20. The molecule has 0 saturated heterocycles. The first-order valence-electron chi connectivity index (χ1n) is 6.91. The van der Waals surface area contributed by atoms with Crippen LogP contribution in [0.4, 0.5) is 0 Å². The zero-order valence-corrected chi connectivity index (χ0v) is 11.8. The van der Waals surface area contributed by atoms with Crippen LogP contribution >= 0.6 is 0 Å². The summed E-state index contributed by atoms with van der Waals surface area (Å²) in [6.45, 7) is 6.51. The van der Waals surface area contributed by atoms with Crippen LogP contribution in [0.15, 0.2) is 29.5 Å². The van der Waals surface area contributed by atoms with E-state index in [4.69, 9.17) is 0 Å². The molecule has 2 aromatic heterocycles. The lowest BCUT2D eigenvalue weighted by molar-refractivity contribution is 0.437. The van der Waals surface area contributed by atoms with E-state index in [-0.39, 0.29) is 11.6 Å². The molecule has 0 aromatic carbocycles. The van der Waals surface area contributed by atoms with Gasteiger partial charge in [0.25, 0.3) is 5.56 Å². The van der Waals surface area contributed by atoms with E-state index in [1.807, 2.05) is 6.07 Å². The van der Waals surface area contributed by atoms with E-state index < -0.39 is 0 Å². The molecule has 0 amide bonds. The van der Waals surface area contributed by atoms with Crippen molar-refractivity contribution in [2.45, 2.75) is 46.1 Å². The molecule has 4 nitrogen and oxygen atoms in total. The summed E-state index contributed by atoms with van der Waals surface area (Å²) < 4.78 is 1.70. The summed E-state index contributed by atoms with van der Waals surface area (Å²) >= 11 is 0. The molecule has 0 N–H and O–H groups in total. The predicted octanol–water partition coefficient (Wildman–Crippen LogP) is 3.18. The molecule has 2 rings (SSSR count). The van der Waals surface area contributed by atoms with Crippen molar-refractivity contribution in [2.24, 2.45) is 5.92 Å². The van der Waals surface area contributed by atoms with Gasteiger partial charge in [0.2, 0.25) is 0 Å². The average molecular weight is 259 g/mol. The van der Waals surface area contributed by atoms with Crippen molar-refractivity contribution in [1.82, 2.24) is 14.5 Å². The second kappa shape index (κ2) is 5.95. The fourth-order valence-corrected chi connectivity index (χ4v) is 2.24. The minimum atomic E-state index is -0.0392. The summed E-state index contributed by atoms with van der Waals surface area (Å²) in [6.07, 6.45) is 6.60. The van der Waals surface area contributed by atoms with Gasteiger partial charge in [-0.25, -0.2) is 9.97 Å². The van der Waals surface area contributed by atoms with Crippen molar-refractivity contribution in [3.8, 4) is 0 Å². The molecule has 1 atom stereocenters. The highest BCUT2D eigenvalue weighted by Crippen LogP contribution is 2.15. The van der Waals surface area contributed by atoms with Gasteiger partial charge in [0.1, 0.15) is 0 Å². The smallest absolute Gasteiger partial charge is 0.280 e. The Labute approximate surface area is 113 Å². The fraction of sp³-hybridized carbons (Fsp3) is 0.533. The zero-order valence-electron chi connectivity index (χ0n) is 11.8. The van der Waals surface area contributed by atoms with Gasteiger partial charge in [-0.15, -0.1) is 0 Å². The molecule has 0 spiro atoms. The second-order valence-corrected chi connectivity index (χ2v) is 5.50. The van der Waals surface area contributed by atoms with E-state index in [2.05, 4.69) is 30.7 Å². The summed E-state index contributed by atoms with van der Waals surface area (Å²) in [5, 5.41) is 0. The lowest BCUT2D eigenvalue weighted by Crippen LogP contribution is -2.24. The van der Waals surface area contributed by atoms with Gasteiger partial charge in [0, 0.05) is 12.2 Å². The molecule has 2 heterocycles. The van der Waals surface area contributed by atoms with Crippen molar-refractivity contribution in [2.75, 3.05) is 0 Å². The van der Waals surface area contributed by atoms with Gasteiger partial charge >= 0.3 is 0 Å². The van der Waals surface area contributed by atoms with Crippen LogP contribution in [0.5, 0.6) is 0 Å². The van der Waals surface area contributed by atoms with Crippen LogP contribution in [-0.2, 0) is 0 Å². The van der Waals surface area contributed by atoms with Crippen LogP contribution < -0.4 is 5.56 Å². The number of rotatable bonds is 5. The maximum absolute atomic E-state index is 12.3. The number of hydrogen-bond acceptors (Lipinski definition) is 3. The average Bonchev–Trinajstić information content (AvgIpc) is 2.39. The molecule has 0 bridgehead atoms. The predicted molar refractivity (Wildman–Crippen MR) is 77.2 cm³/mol. The number of pyridine rings is 1. The van der Waals surface area contributed by atoms with Crippen LogP contribution in [0.1, 0.15) is 46.1 Å². The summed E-state index contributed by atoms with van der Waals surface area (Å²) in [6, 6.07) is 3.79. The van der Waals surface area contributed by atoms with Gasteiger partial charge in [0.15, 0.2) is 5.52 Å². The number of aromatic nitrogens is 3. The largest absolute Gasteiger partial charge is 0.295 e. The van der Waals surface area contributed by atoms with Crippen molar-refractivity contribution in [3.05, 3.63) is 35.0 Å². The molecule has 0 radical (unpaired) electrons. The summed E-state index contributed by atoms with van der Waals surface area (Å²) in [5.74, 6) is 0.709. The maximum atomic E-state index is 12.3. The van der Waals surface area contributed by atoms with Gasteiger partial charge in [-0.2, -0.15) is 0 Å². The molecule has 4 heteroatoms. The molecule has 0 unspecified atom stereocenters. The Morgan fingerprint density at radius 3 is 2.74 bits per heavy atom. The van der Waals surface area contributed by atoms with Gasteiger partial charge in [-0.3, -0.25) is 9.36 Å². The van der Waals surface area contributed by atoms with Crippen LogP contribution in [0.25, 0.3) is 11.0 Å². The number of fused-ring (bicyclic) bond motifs is 1. The van der Waals surface area contributed by atoms with E-state index in [0.29, 0.717) is 17.0 Å². The van der Waals surface area contributed by atoms with E-state index in [1.54, 1.807) is 23.2 Å². The first-order chi connectivity index (χ1) is 9.09. The molecular weight excluding hydrogens is 238 g/mol. The molecule has 19 heavy (non-hydrogen) atoms. The third-order valence-corrected chi connectivity index (χ3v) is 3.42. The van der Waals surface area contributed by atoms with Gasteiger partial charge < -0.3 is 0 Å². The van der Waals surface area contributed by atoms with Gasteiger partial charge in [-0.1, -0.05) is 26.7 Å². The molecule has 102 valence electrons. The topological polar surface area (TPSA) is 47.8 Å². The van der Waals surface area contributed by atoms with Crippen molar-refractivity contribution in [3.63, 3.8) is 0 Å². The Bertz CT molecular complexity index is 604. The molecule has 2 aromatic rings. The molecule has 0 fully saturated rings. The number of hydrogen-bond donors (Lipinski definition) is 0. The number of nitrogens with zero attached hydrogens (tertiary/aromatic N) is 3. The lowest BCUT2D eigenvalue weighted by Gasteiger charge is -2.15. The first-order valence-corrected chi connectivity index (χ1v) is 6.91. The Morgan fingerprint density at radius 1 is 1.21 bits per heavy atom. The van der Waals surface area contributed by atoms with E-state index in [9.17, 15) is 4.79 Å². The van der Waals surface area contributed by atoms with Gasteiger partial charge in [-0.05, 0) is 31.4 Å². The minimum Gasteiger partial charge on any atom is -0.295 e. The van der Waals surface area contributed by atoms with E-state index >= 15 is 0 Å². The molecule has 0 aliphatic carbocycles. The van der Waals surface area contributed by atoms with Crippen molar-refractivity contribution in [1.29, 1.82) is 0 Å². The molecule has 0 aliphatic rings. The summed E-state index contributed by atoms with van der Waals surface area (Å²) in [4.78, 5) is 20.8. The quantitative estimate of drug-likeness (QED) is 0.828. The third kappa shape index (κ3) is 3.19. The molecule has 0 saturated carbocycles. The molecular formula is C15H21N3O. The first kappa shape index (κ1) is 13.7. The minimum absolute atomic E-state index is 0.0392. The van der Waals surface area contributed by atoms with E-state index in [0.717, 1.165) is 12.8 Å². The molecule has 0 aliphatic heterocycles. The highest BCUT2D eigenvalue weighted by atomic mass is 16.1. The highest BCUT2D eigenvalue weighted by molar-refractivity contribution is 5.71. The fourth-order valence-electron chi connectivity index (χ4n) is 2.24. The Kier molecular flexibility index (Phi) is 4.30. The van der Waals surface area contributed by atoms with Crippen LogP contribution in [0, 0.1) is 5.92 Å². The highest BCUT2D eigenvalue weighted by Gasteiger charge is 2.10. The van der Waals surface area contributed by atoms with Crippen LogP contribution in [0.3, 0.4) is 0 Å². The monoisotopic (exact) mass is 259 g/mol. The standard InChI is InChI=1S/C15H21N3O/c1-11(2)6-4-7-12(3)18-10-17-13-8-5-9-16-14(13)15(18)19/h5,8-12H,4,6-7H2,1-3H3/t12-/m1/s1. The lowest BCUT2D eigenvalue weighted by atomic mass is 10.0. The summed E-state index contributed by atoms with van der Waals surface area (Å²) in [5.41, 5.74) is 1.08. The zero-order chi connectivity index (χ0) is 13.8. The maximum Gasteiger partial charge on any atom is 0.280 e. The third-order valence-electron chi connectivity index (χ3n) is 3.42. The van der Waals surface area contributed by atoms with Crippen molar-refractivity contribution < 1.29 is 0 Å². The Morgan fingerprint density at radius 2 is 2.00 bits per heavy atom. The van der Waals surface area contributed by atoms with Gasteiger partial charge in [0.05, 0.1) is 11.8 Å².